The maximum Gasteiger partial charge on any atom is 0.259 e. The van der Waals surface area contributed by atoms with E-state index in [2.05, 4.69) is 36.2 Å². The average molecular weight is 405 g/mol. The van der Waals surface area contributed by atoms with Crippen molar-refractivity contribution in [2.45, 2.75) is 13.8 Å². The molecule has 156 valence electrons. The second-order valence-corrected chi connectivity index (χ2v) is 7.95. The number of hydrogen-bond acceptors (Lipinski definition) is 3. The maximum absolute atomic E-state index is 13.0. The number of hydrogen-bond donors (Lipinski definition) is 2. The predicted octanol–water partition coefficient (Wildman–Crippen LogP) is 3.13. The van der Waals surface area contributed by atoms with Gasteiger partial charge in [-0.25, -0.2) is 0 Å². The van der Waals surface area contributed by atoms with E-state index in [0.29, 0.717) is 11.3 Å². The van der Waals surface area contributed by atoms with E-state index in [1.165, 1.54) is 30.9 Å². The van der Waals surface area contributed by atoms with Crippen LogP contribution < -0.4 is 19.9 Å². The van der Waals surface area contributed by atoms with Crippen LogP contribution in [-0.4, -0.2) is 45.7 Å². The van der Waals surface area contributed by atoms with Crippen molar-refractivity contribution in [3.05, 3.63) is 65.7 Å². The van der Waals surface area contributed by atoms with E-state index in [1.807, 2.05) is 42.5 Å². The lowest BCUT2D eigenvalue weighted by Crippen LogP contribution is -3.14. The minimum atomic E-state index is -0.162. The summed E-state index contributed by atoms with van der Waals surface area (Å²) in [5.41, 5.74) is 3.77. The summed E-state index contributed by atoms with van der Waals surface area (Å²) in [6.45, 7) is 10.1. The van der Waals surface area contributed by atoms with Crippen molar-refractivity contribution in [1.82, 2.24) is 0 Å². The first-order valence-electron chi connectivity index (χ1n) is 10.7. The van der Waals surface area contributed by atoms with Gasteiger partial charge in [0, 0.05) is 11.4 Å². The number of anilines is 2. The van der Waals surface area contributed by atoms with Gasteiger partial charge in [0.05, 0.1) is 45.4 Å². The maximum atomic E-state index is 13.0. The van der Waals surface area contributed by atoms with E-state index in [0.717, 1.165) is 29.5 Å². The SMILES string of the molecule is CC[NH+]1CCN(c2ccc(NC(=O)c3cc4ccccc4cc3OC)cc2C)CC1. The van der Waals surface area contributed by atoms with E-state index in [1.54, 1.807) is 12.0 Å². The lowest BCUT2D eigenvalue weighted by atomic mass is 10.0. The van der Waals surface area contributed by atoms with Crippen LogP contribution in [0.1, 0.15) is 22.8 Å². The number of fused-ring (bicyclic) bond motifs is 1. The van der Waals surface area contributed by atoms with Gasteiger partial charge in [0.2, 0.25) is 0 Å². The number of ether oxygens (including phenoxy) is 1. The molecule has 1 aliphatic heterocycles. The molecule has 0 spiro atoms. The van der Waals surface area contributed by atoms with Gasteiger partial charge in [-0.05, 0) is 60.5 Å². The molecule has 1 heterocycles. The Kier molecular flexibility index (Phi) is 5.91. The van der Waals surface area contributed by atoms with Crippen LogP contribution >= 0.6 is 0 Å². The molecule has 4 rings (SSSR count). The number of nitrogens with one attached hydrogen (secondary N) is 2. The molecule has 30 heavy (non-hydrogen) atoms. The zero-order valence-electron chi connectivity index (χ0n) is 18.0. The van der Waals surface area contributed by atoms with Crippen LogP contribution in [0.25, 0.3) is 10.8 Å². The Balaban J connectivity index is 1.53. The van der Waals surface area contributed by atoms with Crippen molar-refractivity contribution in [3.8, 4) is 5.75 Å². The van der Waals surface area contributed by atoms with Crippen LogP contribution in [0.2, 0.25) is 0 Å². The van der Waals surface area contributed by atoms with E-state index < -0.39 is 0 Å². The number of aryl methyl sites for hydroxylation is 1. The summed E-state index contributed by atoms with van der Waals surface area (Å²) in [6.07, 6.45) is 0. The topological polar surface area (TPSA) is 46.0 Å². The smallest absolute Gasteiger partial charge is 0.259 e. The van der Waals surface area contributed by atoms with Gasteiger partial charge in [0.15, 0.2) is 0 Å². The highest BCUT2D eigenvalue weighted by Gasteiger charge is 2.20. The zero-order valence-corrected chi connectivity index (χ0v) is 18.0. The molecule has 0 unspecified atom stereocenters. The Morgan fingerprint density at radius 2 is 1.77 bits per heavy atom. The fourth-order valence-corrected chi connectivity index (χ4v) is 4.27. The molecule has 0 bridgehead atoms. The Labute approximate surface area is 178 Å². The van der Waals surface area contributed by atoms with Gasteiger partial charge in [-0.15, -0.1) is 0 Å². The lowest BCUT2D eigenvalue weighted by Gasteiger charge is -2.34. The molecule has 0 radical (unpaired) electrons. The molecule has 1 fully saturated rings. The van der Waals surface area contributed by atoms with Gasteiger partial charge in [0.1, 0.15) is 5.75 Å². The first kappa shape index (κ1) is 20.2. The van der Waals surface area contributed by atoms with Crippen molar-refractivity contribution in [3.63, 3.8) is 0 Å². The quantitative estimate of drug-likeness (QED) is 0.687. The minimum Gasteiger partial charge on any atom is -0.496 e. The van der Waals surface area contributed by atoms with Crippen molar-refractivity contribution >= 4 is 28.1 Å². The van der Waals surface area contributed by atoms with E-state index >= 15 is 0 Å². The lowest BCUT2D eigenvalue weighted by molar-refractivity contribution is -0.898. The molecule has 0 aliphatic carbocycles. The molecule has 1 amide bonds. The van der Waals surface area contributed by atoms with Gasteiger partial charge in [-0.2, -0.15) is 0 Å². The number of benzene rings is 3. The second kappa shape index (κ2) is 8.76. The fraction of sp³-hybridized carbons (Fsp3) is 0.320. The minimum absolute atomic E-state index is 0.162. The molecule has 3 aromatic carbocycles. The number of nitrogens with zero attached hydrogens (tertiary/aromatic N) is 1. The molecule has 5 heteroatoms. The summed E-state index contributed by atoms with van der Waals surface area (Å²) in [7, 11) is 1.60. The highest BCUT2D eigenvalue weighted by molar-refractivity contribution is 6.08. The monoisotopic (exact) mass is 404 g/mol. The number of rotatable bonds is 5. The van der Waals surface area contributed by atoms with Crippen LogP contribution in [0, 0.1) is 6.92 Å². The van der Waals surface area contributed by atoms with E-state index in [-0.39, 0.29) is 5.91 Å². The first-order chi connectivity index (χ1) is 14.6. The molecule has 2 N–H and O–H groups in total. The van der Waals surface area contributed by atoms with Crippen molar-refractivity contribution in [1.29, 1.82) is 0 Å². The standard InChI is InChI=1S/C25H29N3O2/c1-4-27-11-13-28(14-12-27)23-10-9-21(15-18(23)2)26-25(29)22-16-19-7-5-6-8-20(19)17-24(22)30-3/h5-10,15-17H,4,11-14H2,1-3H3,(H,26,29)/p+1. The highest BCUT2D eigenvalue weighted by atomic mass is 16.5. The summed E-state index contributed by atoms with van der Waals surface area (Å²) in [5, 5.41) is 5.11. The molecule has 0 saturated carbocycles. The second-order valence-electron chi connectivity index (χ2n) is 7.95. The Morgan fingerprint density at radius 3 is 2.40 bits per heavy atom. The van der Waals surface area contributed by atoms with Crippen LogP contribution in [0.4, 0.5) is 11.4 Å². The highest BCUT2D eigenvalue weighted by Crippen LogP contribution is 2.28. The number of methoxy groups -OCH3 is 1. The van der Waals surface area contributed by atoms with Gasteiger partial charge in [-0.1, -0.05) is 24.3 Å². The summed E-state index contributed by atoms with van der Waals surface area (Å²) < 4.78 is 5.48. The number of amides is 1. The zero-order chi connectivity index (χ0) is 21.1. The Morgan fingerprint density at radius 1 is 1.07 bits per heavy atom. The van der Waals surface area contributed by atoms with Gasteiger partial charge < -0.3 is 19.9 Å². The summed E-state index contributed by atoms with van der Waals surface area (Å²) in [5.74, 6) is 0.417. The first-order valence-corrected chi connectivity index (χ1v) is 10.7. The number of likely N-dealkylation sites (N-methyl/N-ethyl adjacent to an activating group) is 1. The number of carbonyl (C=O) groups excluding carboxylic acids is 1. The van der Waals surface area contributed by atoms with Crippen LogP contribution in [0.3, 0.4) is 0 Å². The molecule has 1 saturated heterocycles. The molecular weight excluding hydrogens is 374 g/mol. The fourth-order valence-electron chi connectivity index (χ4n) is 4.27. The van der Waals surface area contributed by atoms with Gasteiger partial charge >= 0.3 is 0 Å². The summed E-state index contributed by atoms with van der Waals surface area (Å²) >= 11 is 0. The molecule has 3 aromatic rings. The molecule has 0 atom stereocenters. The van der Waals surface area contributed by atoms with Crippen LogP contribution in [-0.2, 0) is 0 Å². The molecule has 5 nitrogen and oxygen atoms in total. The largest absolute Gasteiger partial charge is 0.496 e. The van der Waals surface area contributed by atoms with Crippen molar-refractivity contribution in [2.24, 2.45) is 0 Å². The predicted molar refractivity (Wildman–Crippen MR) is 123 cm³/mol. The van der Waals surface area contributed by atoms with Gasteiger partial charge in [-0.3, -0.25) is 4.79 Å². The number of quaternary nitrogens is 1. The average Bonchev–Trinajstić information content (AvgIpc) is 2.78. The van der Waals surface area contributed by atoms with E-state index in [4.69, 9.17) is 4.74 Å². The van der Waals surface area contributed by atoms with Crippen LogP contribution in [0.15, 0.2) is 54.6 Å². The van der Waals surface area contributed by atoms with Crippen molar-refractivity contribution < 1.29 is 14.4 Å². The number of piperazine rings is 1. The Hall–Kier alpha value is -3.05. The van der Waals surface area contributed by atoms with Crippen LogP contribution in [0.5, 0.6) is 5.75 Å². The summed E-state index contributed by atoms with van der Waals surface area (Å²) in [4.78, 5) is 17.1. The van der Waals surface area contributed by atoms with Crippen molar-refractivity contribution in [2.75, 3.05) is 50.1 Å². The molecular formula is C25H30N3O2+. The Bertz CT molecular complexity index is 1060. The third kappa shape index (κ3) is 4.12. The van der Waals surface area contributed by atoms with E-state index in [9.17, 15) is 4.79 Å². The summed E-state index contributed by atoms with van der Waals surface area (Å²) in [6, 6.07) is 18.0. The third-order valence-corrected chi connectivity index (χ3v) is 6.08. The number of carbonyl (C=O) groups is 1. The van der Waals surface area contributed by atoms with Gasteiger partial charge in [0.25, 0.3) is 5.91 Å². The third-order valence-electron chi connectivity index (χ3n) is 6.08. The molecule has 1 aliphatic rings. The normalized spacial score (nSPS) is 14.7. The molecule has 0 aromatic heterocycles.